The molecule has 3 N–H and O–H groups in total. The van der Waals surface area contributed by atoms with Crippen LogP contribution < -0.4 is 15.8 Å². The van der Waals surface area contributed by atoms with Crippen LogP contribution in [0.3, 0.4) is 0 Å². The standard InChI is InChI=1S/C16H20N2O2S/c17-14(21)9-20-11-7-5-10(6-8-11)18-16(19)15-12-3-1-2-4-13(12)15/h5-8,12-13,15H,1-4,9H2,(H2,17,21)(H,18,19). The van der Waals surface area contributed by atoms with Crippen LogP contribution in [0.4, 0.5) is 5.69 Å². The minimum Gasteiger partial charge on any atom is -0.487 e. The summed E-state index contributed by atoms with van der Waals surface area (Å²) in [6.45, 7) is 0.229. The molecular formula is C16H20N2O2S. The molecule has 1 aromatic rings. The van der Waals surface area contributed by atoms with Gasteiger partial charge in [0.1, 0.15) is 17.3 Å². The van der Waals surface area contributed by atoms with Gasteiger partial charge in [0.2, 0.25) is 5.91 Å². The molecule has 0 heterocycles. The summed E-state index contributed by atoms with van der Waals surface area (Å²) in [4.78, 5) is 12.6. The summed E-state index contributed by atoms with van der Waals surface area (Å²) < 4.78 is 5.39. The molecule has 21 heavy (non-hydrogen) atoms. The minimum atomic E-state index is 0.170. The third kappa shape index (κ3) is 3.35. The molecular weight excluding hydrogens is 284 g/mol. The zero-order valence-electron chi connectivity index (χ0n) is 11.9. The number of ether oxygens (including phenoxy) is 1. The van der Waals surface area contributed by atoms with Crippen molar-refractivity contribution in [3.63, 3.8) is 0 Å². The maximum absolute atomic E-state index is 12.3. The van der Waals surface area contributed by atoms with E-state index in [2.05, 4.69) is 5.32 Å². The van der Waals surface area contributed by atoms with Crippen LogP contribution in [0.2, 0.25) is 0 Å². The zero-order valence-corrected chi connectivity index (χ0v) is 12.7. The Morgan fingerprint density at radius 2 is 1.86 bits per heavy atom. The molecule has 1 aromatic carbocycles. The van der Waals surface area contributed by atoms with Gasteiger partial charge >= 0.3 is 0 Å². The van der Waals surface area contributed by atoms with E-state index < -0.39 is 0 Å². The van der Waals surface area contributed by atoms with E-state index >= 15 is 0 Å². The van der Waals surface area contributed by atoms with Crippen LogP contribution >= 0.6 is 12.2 Å². The Labute approximate surface area is 130 Å². The van der Waals surface area contributed by atoms with Gasteiger partial charge in [-0.3, -0.25) is 4.79 Å². The van der Waals surface area contributed by atoms with Crippen LogP contribution in [0, 0.1) is 17.8 Å². The summed E-state index contributed by atoms with van der Waals surface area (Å²) in [7, 11) is 0. The second-order valence-corrected chi connectivity index (χ2v) is 6.43. The molecule has 3 rings (SSSR count). The maximum atomic E-state index is 12.3. The van der Waals surface area contributed by atoms with Gasteiger partial charge in [-0.05, 0) is 48.9 Å². The number of hydrogen-bond acceptors (Lipinski definition) is 3. The van der Waals surface area contributed by atoms with Crippen molar-refractivity contribution < 1.29 is 9.53 Å². The number of thiocarbonyl (C=S) groups is 1. The Hall–Kier alpha value is -1.62. The number of carbonyl (C=O) groups is 1. The van der Waals surface area contributed by atoms with Gasteiger partial charge in [0.25, 0.3) is 0 Å². The van der Waals surface area contributed by atoms with Gasteiger partial charge in [-0.15, -0.1) is 0 Å². The summed E-state index contributed by atoms with van der Waals surface area (Å²) in [6, 6.07) is 7.32. The van der Waals surface area contributed by atoms with Crippen molar-refractivity contribution in [3.05, 3.63) is 24.3 Å². The molecule has 4 nitrogen and oxygen atoms in total. The van der Waals surface area contributed by atoms with Crippen molar-refractivity contribution in [2.75, 3.05) is 11.9 Å². The topological polar surface area (TPSA) is 64.3 Å². The van der Waals surface area contributed by atoms with Crippen LogP contribution in [0.25, 0.3) is 0 Å². The van der Waals surface area contributed by atoms with Crippen molar-refractivity contribution in [2.24, 2.45) is 23.5 Å². The number of carbonyl (C=O) groups excluding carboxylic acids is 1. The highest BCUT2D eigenvalue weighted by Gasteiger charge is 2.54. The fourth-order valence-electron chi connectivity index (χ4n) is 3.40. The first kappa shape index (κ1) is 14.3. The molecule has 0 spiro atoms. The molecule has 0 aliphatic heterocycles. The van der Waals surface area contributed by atoms with Crippen LogP contribution in [0.15, 0.2) is 24.3 Å². The molecule has 112 valence electrons. The van der Waals surface area contributed by atoms with E-state index in [1.54, 1.807) is 0 Å². The van der Waals surface area contributed by atoms with Gasteiger partial charge in [0, 0.05) is 11.6 Å². The van der Waals surface area contributed by atoms with Crippen LogP contribution in [-0.4, -0.2) is 17.5 Å². The maximum Gasteiger partial charge on any atom is 0.228 e. The van der Waals surface area contributed by atoms with Crippen molar-refractivity contribution >= 4 is 28.8 Å². The Morgan fingerprint density at radius 1 is 1.24 bits per heavy atom. The largest absolute Gasteiger partial charge is 0.487 e. The summed E-state index contributed by atoms with van der Waals surface area (Å²) >= 11 is 4.76. The number of amides is 1. The molecule has 0 bridgehead atoms. The molecule has 0 saturated heterocycles. The second kappa shape index (κ2) is 6.02. The second-order valence-electron chi connectivity index (χ2n) is 5.91. The van der Waals surface area contributed by atoms with E-state index in [0.717, 1.165) is 5.69 Å². The monoisotopic (exact) mass is 304 g/mol. The van der Waals surface area contributed by atoms with E-state index in [1.165, 1.54) is 25.7 Å². The number of fused-ring (bicyclic) bond motifs is 1. The highest BCUT2D eigenvalue weighted by atomic mass is 32.1. The molecule has 0 radical (unpaired) electrons. The van der Waals surface area contributed by atoms with E-state index in [-0.39, 0.29) is 18.4 Å². The first-order valence-corrected chi connectivity index (χ1v) is 7.88. The zero-order chi connectivity index (χ0) is 14.8. The van der Waals surface area contributed by atoms with Crippen molar-refractivity contribution in [3.8, 4) is 5.75 Å². The van der Waals surface area contributed by atoms with Crippen LogP contribution in [-0.2, 0) is 4.79 Å². The van der Waals surface area contributed by atoms with E-state index in [0.29, 0.717) is 22.6 Å². The lowest BCUT2D eigenvalue weighted by Gasteiger charge is -2.07. The van der Waals surface area contributed by atoms with E-state index in [4.69, 9.17) is 22.7 Å². The van der Waals surface area contributed by atoms with Gasteiger partial charge in [-0.2, -0.15) is 0 Å². The fraction of sp³-hybridized carbons (Fsp3) is 0.500. The first-order chi connectivity index (χ1) is 10.1. The highest BCUT2D eigenvalue weighted by Crippen LogP contribution is 2.55. The summed E-state index contributed by atoms with van der Waals surface area (Å²) in [5, 5.41) is 3.01. The Bertz CT molecular complexity index is 532. The Morgan fingerprint density at radius 3 is 2.43 bits per heavy atom. The molecule has 2 aliphatic rings. The van der Waals surface area contributed by atoms with Crippen molar-refractivity contribution in [1.29, 1.82) is 0 Å². The summed E-state index contributed by atoms with van der Waals surface area (Å²) in [5.74, 6) is 2.36. The number of anilines is 1. The molecule has 2 fully saturated rings. The molecule has 2 saturated carbocycles. The number of benzene rings is 1. The van der Waals surface area contributed by atoms with E-state index in [9.17, 15) is 4.79 Å². The molecule has 2 unspecified atom stereocenters. The van der Waals surface area contributed by atoms with Gasteiger partial charge in [-0.1, -0.05) is 25.1 Å². The van der Waals surface area contributed by atoms with E-state index in [1.807, 2.05) is 24.3 Å². The first-order valence-electron chi connectivity index (χ1n) is 7.47. The third-order valence-corrected chi connectivity index (χ3v) is 4.58. The molecule has 1 amide bonds. The molecule has 5 heteroatoms. The summed E-state index contributed by atoms with van der Waals surface area (Å²) in [5.41, 5.74) is 6.19. The normalized spacial score (nSPS) is 26.6. The minimum absolute atomic E-state index is 0.170. The molecule has 0 aromatic heterocycles. The predicted molar refractivity (Wildman–Crippen MR) is 86.3 cm³/mol. The summed E-state index contributed by atoms with van der Waals surface area (Å²) in [6.07, 6.45) is 4.99. The van der Waals surface area contributed by atoms with Crippen molar-refractivity contribution in [1.82, 2.24) is 0 Å². The van der Waals surface area contributed by atoms with Gasteiger partial charge in [0.15, 0.2) is 0 Å². The number of nitrogens with two attached hydrogens (primary N) is 1. The number of hydrogen-bond donors (Lipinski definition) is 2. The highest BCUT2D eigenvalue weighted by molar-refractivity contribution is 7.80. The molecule has 2 aliphatic carbocycles. The number of rotatable bonds is 5. The number of nitrogens with one attached hydrogen (secondary N) is 1. The van der Waals surface area contributed by atoms with Crippen LogP contribution in [0.5, 0.6) is 5.75 Å². The smallest absolute Gasteiger partial charge is 0.228 e. The average molecular weight is 304 g/mol. The van der Waals surface area contributed by atoms with Crippen molar-refractivity contribution in [2.45, 2.75) is 25.7 Å². The molecule has 2 atom stereocenters. The third-order valence-electron chi connectivity index (χ3n) is 4.46. The quantitative estimate of drug-likeness (QED) is 0.821. The lowest BCUT2D eigenvalue weighted by Crippen LogP contribution is -2.18. The van der Waals surface area contributed by atoms with Gasteiger partial charge in [-0.25, -0.2) is 0 Å². The Kier molecular flexibility index (Phi) is 4.10. The SMILES string of the molecule is NC(=S)COc1ccc(NC(=O)C2C3CCCCC32)cc1. The predicted octanol–water partition coefficient (Wildman–Crippen LogP) is 2.73. The van der Waals surface area contributed by atoms with Gasteiger partial charge in [0.05, 0.1) is 0 Å². The lowest BCUT2D eigenvalue weighted by molar-refractivity contribution is -0.117. The fourth-order valence-corrected chi connectivity index (χ4v) is 3.45. The van der Waals surface area contributed by atoms with Crippen LogP contribution in [0.1, 0.15) is 25.7 Å². The average Bonchev–Trinajstić information content (AvgIpc) is 3.21. The Balaban J connectivity index is 1.53. The lowest BCUT2D eigenvalue weighted by atomic mass is 10.0. The van der Waals surface area contributed by atoms with Gasteiger partial charge < -0.3 is 15.8 Å².